The fourth-order valence-corrected chi connectivity index (χ4v) is 7.49. The van der Waals surface area contributed by atoms with Crippen molar-refractivity contribution in [3.8, 4) is 5.75 Å². The summed E-state index contributed by atoms with van der Waals surface area (Å²) in [7, 11) is 4.09. The summed E-state index contributed by atoms with van der Waals surface area (Å²) in [5.74, 6) is 0.616. The van der Waals surface area contributed by atoms with Crippen LogP contribution in [0.4, 0.5) is 11.4 Å². The minimum atomic E-state index is -0.712. The van der Waals surface area contributed by atoms with E-state index in [0.29, 0.717) is 32.6 Å². The van der Waals surface area contributed by atoms with Crippen LogP contribution >= 0.6 is 0 Å². The lowest BCUT2D eigenvalue weighted by Crippen LogP contribution is -2.56. The largest absolute Gasteiger partial charge is 0.491 e. The Morgan fingerprint density at radius 1 is 0.702 bits per heavy atom. The summed E-state index contributed by atoms with van der Waals surface area (Å²) in [5.41, 5.74) is 6.30. The molecule has 2 aliphatic rings. The quantitative estimate of drug-likeness (QED) is 0.141. The van der Waals surface area contributed by atoms with E-state index in [4.69, 9.17) is 4.74 Å². The first-order valence-electron chi connectivity index (χ1n) is 20.2. The van der Waals surface area contributed by atoms with Gasteiger partial charge >= 0.3 is 0 Å². The summed E-state index contributed by atoms with van der Waals surface area (Å²) in [5, 5.41) is 0. The Balaban J connectivity index is 1.23. The standard InChI is InChI=1S/C47H58N6O4/c1-36(2)57-44-22-15-38(16-23-44)17-24-46(55)53(35-41-13-20-43(21-14-41)51-31-29-50(30-32-51)37(3)54)45(33-39-9-7-6-8-10-39)47(56)52-27-25-49(26-28-52)34-40-11-18-42(19-12-40)48(4)5/h6-24,36,45H,25-35H2,1-5H3. The van der Waals surface area contributed by atoms with Gasteiger partial charge in [-0.25, -0.2) is 0 Å². The van der Waals surface area contributed by atoms with Crippen molar-refractivity contribution in [2.75, 3.05) is 76.3 Å². The van der Waals surface area contributed by atoms with Crippen LogP contribution in [0.3, 0.4) is 0 Å². The van der Waals surface area contributed by atoms with Gasteiger partial charge in [0.15, 0.2) is 0 Å². The fraction of sp³-hybridized carbons (Fsp3) is 0.383. The SMILES string of the molecule is CC(=O)N1CCN(c2ccc(CN(C(=O)C=Cc3ccc(OC(C)C)cc3)C(Cc3ccccc3)C(=O)N3CCN(Cc4ccc(N(C)C)cc4)CC3)cc2)CC1. The van der Waals surface area contributed by atoms with E-state index in [2.05, 4.69) is 63.2 Å². The van der Waals surface area contributed by atoms with E-state index < -0.39 is 6.04 Å². The molecule has 10 nitrogen and oxygen atoms in total. The Morgan fingerprint density at radius 3 is 1.91 bits per heavy atom. The van der Waals surface area contributed by atoms with Crippen LogP contribution in [0.15, 0.2) is 109 Å². The Morgan fingerprint density at radius 2 is 1.32 bits per heavy atom. The fourth-order valence-electron chi connectivity index (χ4n) is 7.49. The highest BCUT2D eigenvalue weighted by Gasteiger charge is 2.34. The van der Waals surface area contributed by atoms with Gasteiger partial charge in [-0.1, -0.05) is 66.7 Å². The van der Waals surface area contributed by atoms with Crippen LogP contribution in [0.1, 0.15) is 43.0 Å². The third-order valence-electron chi connectivity index (χ3n) is 10.8. The highest BCUT2D eigenvalue weighted by atomic mass is 16.5. The second-order valence-electron chi connectivity index (χ2n) is 15.6. The molecule has 0 saturated carbocycles. The molecule has 4 aromatic rings. The van der Waals surface area contributed by atoms with Gasteiger partial charge in [0, 0.05) is 110 Å². The summed E-state index contributed by atoms with van der Waals surface area (Å²) < 4.78 is 5.82. The Bertz CT molecular complexity index is 1930. The molecule has 1 atom stereocenters. The van der Waals surface area contributed by atoms with Gasteiger partial charge in [0.1, 0.15) is 11.8 Å². The van der Waals surface area contributed by atoms with Gasteiger partial charge in [-0.2, -0.15) is 0 Å². The molecule has 0 radical (unpaired) electrons. The van der Waals surface area contributed by atoms with Crippen LogP contribution < -0.4 is 14.5 Å². The lowest BCUT2D eigenvalue weighted by atomic mass is 10.0. The molecule has 300 valence electrons. The smallest absolute Gasteiger partial charge is 0.247 e. The maximum absolute atomic E-state index is 14.8. The molecule has 10 heteroatoms. The average molecular weight is 771 g/mol. The van der Waals surface area contributed by atoms with Crippen molar-refractivity contribution in [2.24, 2.45) is 0 Å². The zero-order valence-electron chi connectivity index (χ0n) is 34.2. The molecule has 6 rings (SSSR count). The van der Waals surface area contributed by atoms with Crippen molar-refractivity contribution in [1.82, 2.24) is 19.6 Å². The molecule has 2 saturated heterocycles. The maximum atomic E-state index is 14.8. The van der Waals surface area contributed by atoms with Gasteiger partial charge in [-0.3, -0.25) is 19.3 Å². The second kappa shape index (κ2) is 19.5. The summed E-state index contributed by atoms with van der Waals surface area (Å²) in [6.07, 6.45) is 3.87. The molecule has 0 aromatic heterocycles. The number of carbonyl (C=O) groups excluding carboxylic acids is 3. The third kappa shape index (κ3) is 11.5. The van der Waals surface area contributed by atoms with Crippen molar-refractivity contribution >= 4 is 35.2 Å². The van der Waals surface area contributed by atoms with Crippen LogP contribution in [0, 0.1) is 0 Å². The van der Waals surface area contributed by atoms with Crippen molar-refractivity contribution in [2.45, 2.75) is 52.4 Å². The number of anilines is 2. The van der Waals surface area contributed by atoms with Gasteiger partial charge in [-0.05, 0) is 78.6 Å². The van der Waals surface area contributed by atoms with E-state index in [-0.39, 0.29) is 30.4 Å². The lowest BCUT2D eigenvalue weighted by molar-refractivity contribution is -0.145. The van der Waals surface area contributed by atoms with E-state index >= 15 is 0 Å². The van der Waals surface area contributed by atoms with Crippen LogP contribution in [-0.4, -0.2) is 116 Å². The van der Waals surface area contributed by atoms with Gasteiger partial charge in [0.25, 0.3) is 0 Å². The second-order valence-corrected chi connectivity index (χ2v) is 15.6. The molecule has 0 spiro atoms. The summed E-state index contributed by atoms with van der Waals surface area (Å²) in [4.78, 5) is 53.5. The lowest BCUT2D eigenvalue weighted by Gasteiger charge is -2.39. The molecule has 0 bridgehead atoms. The van der Waals surface area contributed by atoms with Crippen LogP contribution in [0.5, 0.6) is 5.75 Å². The number of nitrogens with zero attached hydrogens (tertiary/aromatic N) is 6. The Kier molecular flexibility index (Phi) is 14.0. The molecule has 3 amide bonds. The molecule has 2 aliphatic heterocycles. The van der Waals surface area contributed by atoms with E-state index in [9.17, 15) is 14.4 Å². The van der Waals surface area contributed by atoms with Crippen LogP contribution in [-0.2, 0) is 33.9 Å². The zero-order valence-corrected chi connectivity index (χ0v) is 34.2. The van der Waals surface area contributed by atoms with E-state index in [1.54, 1.807) is 17.9 Å². The number of piperazine rings is 2. The highest BCUT2D eigenvalue weighted by molar-refractivity contribution is 5.96. The third-order valence-corrected chi connectivity index (χ3v) is 10.8. The van der Waals surface area contributed by atoms with Gasteiger partial charge in [-0.15, -0.1) is 0 Å². The number of amides is 3. The summed E-state index contributed by atoms with van der Waals surface area (Å²) in [6.45, 7) is 12.3. The number of hydrogen-bond acceptors (Lipinski definition) is 7. The van der Waals surface area contributed by atoms with Crippen molar-refractivity contribution < 1.29 is 19.1 Å². The first-order valence-corrected chi connectivity index (χ1v) is 20.2. The molecule has 0 N–H and O–H groups in total. The van der Waals surface area contributed by atoms with E-state index in [1.165, 1.54) is 11.3 Å². The number of hydrogen-bond donors (Lipinski definition) is 0. The van der Waals surface area contributed by atoms with E-state index in [1.807, 2.05) is 98.4 Å². The van der Waals surface area contributed by atoms with Crippen LogP contribution in [0.2, 0.25) is 0 Å². The number of benzene rings is 4. The monoisotopic (exact) mass is 770 g/mol. The van der Waals surface area contributed by atoms with Gasteiger partial charge in [0.2, 0.25) is 17.7 Å². The Hall–Kier alpha value is -5.61. The van der Waals surface area contributed by atoms with Crippen molar-refractivity contribution in [3.05, 3.63) is 131 Å². The maximum Gasteiger partial charge on any atom is 0.247 e. The summed E-state index contributed by atoms with van der Waals surface area (Å²) >= 11 is 0. The molecular weight excluding hydrogens is 713 g/mol. The predicted molar refractivity (Wildman–Crippen MR) is 229 cm³/mol. The van der Waals surface area contributed by atoms with Crippen molar-refractivity contribution in [3.63, 3.8) is 0 Å². The Labute approximate surface area is 338 Å². The van der Waals surface area contributed by atoms with Gasteiger partial charge in [0.05, 0.1) is 6.10 Å². The minimum Gasteiger partial charge on any atom is -0.491 e. The number of carbonyl (C=O) groups is 3. The predicted octanol–water partition coefficient (Wildman–Crippen LogP) is 6.21. The topological polar surface area (TPSA) is 79.9 Å². The normalized spacial score (nSPS) is 15.5. The number of rotatable bonds is 14. The molecule has 2 fully saturated rings. The summed E-state index contributed by atoms with van der Waals surface area (Å²) in [6, 6.07) is 33.9. The zero-order chi connectivity index (χ0) is 40.3. The van der Waals surface area contributed by atoms with Crippen LogP contribution in [0.25, 0.3) is 6.08 Å². The molecule has 4 aromatic carbocycles. The molecule has 2 heterocycles. The van der Waals surface area contributed by atoms with E-state index in [0.717, 1.165) is 60.9 Å². The van der Waals surface area contributed by atoms with Crippen molar-refractivity contribution in [1.29, 1.82) is 0 Å². The molecular formula is C47H58N6O4. The molecule has 57 heavy (non-hydrogen) atoms. The minimum absolute atomic E-state index is 0.0364. The molecule has 0 aliphatic carbocycles. The highest BCUT2D eigenvalue weighted by Crippen LogP contribution is 2.23. The average Bonchev–Trinajstić information content (AvgIpc) is 3.22. The first-order chi connectivity index (χ1) is 27.5. The number of ether oxygens (including phenoxy) is 1. The first kappa shape index (κ1) is 41.0. The molecule has 1 unspecified atom stereocenters. The van der Waals surface area contributed by atoms with Gasteiger partial charge < -0.3 is 29.2 Å².